The normalized spacial score (nSPS) is 10.6. The summed E-state index contributed by atoms with van der Waals surface area (Å²) in [7, 11) is 0. The fraction of sp³-hybridized carbons (Fsp3) is 0.250. The molecule has 20 heavy (non-hydrogen) atoms. The Morgan fingerprint density at radius 3 is 2.55 bits per heavy atom. The number of hydrogen-bond donors (Lipinski definition) is 2. The highest BCUT2D eigenvalue weighted by atomic mass is 19.2. The van der Waals surface area contributed by atoms with E-state index in [1.165, 1.54) is 6.33 Å². The minimum absolute atomic E-state index is 0.263. The lowest BCUT2D eigenvalue weighted by Crippen LogP contribution is -2.25. The molecule has 0 saturated heterocycles. The van der Waals surface area contributed by atoms with E-state index in [1.807, 2.05) is 0 Å². The summed E-state index contributed by atoms with van der Waals surface area (Å²) in [5.74, 6) is -4.36. The Balaban J connectivity index is 1.86. The Labute approximate surface area is 112 Å². The van der Waals surface area contributed by atoms with Crippen LogP contribution in [0.4, 0.5) is 13.2 Å². The molecule has 2 N–H and O–H groups in total. The van der Waals surface area contributed by atoms with Crippen LogP contribution in [0.2, 0.25) is 0 Å². The minimum atomic E-state index is -1.59. The summed E-state index contributed by atoms with van der Waals surface area (Å²) in [6.45, 7) is 0.292. The number of benzene rings is 1. The first-order valence-corrected chi connectivity index (χ1v) is 5.85. The zero-order chi connectivity index (χ0) is 14.5. The van der Waals surface area contributed by atoms with Crippen molar-refractivity contribution in [2.45, 2.75) is 12.8 Å². The van der Waals surface area contributed by atoms with Crippen molar-refractivity contribution in [2.24, 2.45) is 0 Å². The number of halogens is 3. The van der Waals surface area contributed by atoms with Crippen molar-refractivity contribution in [3.63, 3.8) is 0 Å². The number of rotatable bonds is 5. The quantitative estimate of drug-likeness (QED) is 0.647. The fourth-order valence-corrected chi connectivity index (χ4v) is 1.60. The second-order valence-corrected chi connectivity index (χ2v) is 4.05. The summed E-state index contributed by atoms with van der Waals surface area (Å²) < 4.78 is 38.7. The minimum Gasteiger partial charge on any atom is -0.352 e. The van der Waals surface area contributed by atoms with Gasteiger partial charge in [0.15, 0.2) is 17.5 Å². The van der Waals surface area contributed by atoms with Crippen molar-refractivity contribution in [2.75, 3.05) is 6.54 Å². The molecule has 5 nitrogen and oxygen atoms in total. The second kappa shape index (κ2) is 6.18. The van der Waals surface area contributed by atoms with Gasteiger partial charge in [0.1, 0.15) is 12.2 Å². The third kappa shape index (κ3) is 3.34. The van der Waals surface area contributed by atoms with Gasteiger partial charge >= 0.3 is 0 Å². The molecule has 0 spiro atoms. The number of H-pyrrole nitrogens is 1. The first-order valence-electron chi connectivity index (χ1n) is 5.85. The van der Waals surface area contributed by atoms with Gasteiger partial charge in [0.25, 0.3) is 5.91 Å². The van der Waals surface area contributed by atoms with Gasteiger partial charge in [-0.2, -0.15) is 5.10 Å². The second-order valence-electron chi connectivity index (χ2n) is 4.05. The Morgan fingerprint density at radius 2 is 1.95 bits per heavy atom. The predicted molar refractivity (Wildman–Crippen MR) is 63.4 cm³/mol. The monoisotopic (exact) mass is 284 g/mol. The van der Waals surface area contributed by atoms with Gasteiger partial charge in [-0.15, -0.1) is 0 Å². The van der Waals surface area contributed by atoms with Crippen molar-refractivity contribution in [3.05, 3.63) is 47.3 Å². The molecule has 0 unspecified atom stereocenters. The molecule has 0 saturated carbocycles. The van der Waals surface area contributed by atoms with E-state index >= 15 is 0 Å². The van der Waals surface area contributed by atoms with Crippen molar-refractivity contribution >= 4 is 5.91 Å². The lowest BCUT2D eigenvalue weighted by molar-refractivity contribution is 0.0952. The number of amides is 1. The summed E-state index contributed by atoms with van der Waals surface area (Å²) >= 11 is 0. The molecule has 0 aliphatic rings. The molecule has 0 bridgehead atoms. The smallest absolute Gasteiger partial charge is 0.251 e. The lowest BCUT2D eigenvalue weighted by Gasteiger charge is -2.05. The van der Waals surface area contributed by atoms with E-state index in [4.69, 9.17) is 0 Å². The summed E-state index contributed by atoms with van der Waals surface area (Å²) in [4.78, 5) is 15.5. The zero-order valence-electron chi connectivity index (χ0n) is 10.3. The van der Waals surface area contributed by atoms with Crippen molar-refractivity contribution in [1.29, 1.82) is 0 Å². The van der Waals surface area contributed by atoms with Gasteiger partial charge in [0.05, 0.1) is 0 Å². The fourth-order valence-electron chi connectivity index (χ4n) is 1.60. The van der Waals surface area contributed by atoms with Gasteiger partial charge in [-0.1, -0.05) is 0 Å². The van der Waals surface area contributed by atoms with Gasteiger partial charge in [0, 0.05) is 18.5 Å². The molecule has 8 heteroatoms. The van der Waals surface area contributed by atoms with Crippen LogP contribution in [-0.4, -0.2) is 27.6 Å². The van der Waals surface area contributed by atoms with Gasteiger partial charge in [-0.25, -0.2) is 18.2 Å². The Hall–Kier alpha value is -2.38. The van der Waals surface area contributed by atoms with Gasteiger partial charge in [0.2, 0.25) is 0 Å². The highest BCUT2D eigenvalue weighted by Crippen LogP contribution is 2.13. The Morgan fingerprint density at radius 1 is 1.25 bits per heavy atom. The summed E-state index contributed by atoms with van der Waals surface area (Å²) in [5, 5.41) is 8.81. The average Bonchev–Trinajstić information content (AvgIpc) is 2.93. The molecule has 0 radical (unpaired) electrons. The van der Waals surface area contributed by atoms with Crippen LogP contribution in [0.25, 0.3) is 0 Å². The number of carbonyl (C=O) groups excluding carboxylic acids is 1. The van der Waals surface area contributed by atoms with Crippen LogP contribution < -0.4 is 5.32 Å². The van der Waals surface area contributed by atoms with Crippen molar-refractivity contribution in [1.82, 2.24) is 20.5 Å². The molecule has 0 fully saturated rings. The van der Waals surface area contributed by atoms with Crippen LogP contribution in [0.1, 0.15) is 22.6 Å². The number of aromatic amines is 1. The first kappa shape index (κ1) is 14.0. The average molecular weight is 284 g/mol. The Bertz CT molecular complexity index is 578. The van der Waals surface area contributed by atoms with E-state index in [0.717, 1.165) is 0 Å². The van der Waals surface area contributed by atoms with Crippen LogP contribution in [0.5, 0.6) is 0 Å². The van der Waals surface area contributed by atoms with Crippen molar-refractivity contribution < 1.29 is 18.0 Å². The molecule has 0 atom stereocenters. The van der Waals surface area contributed by atoms with E-state index in [9.17, 15) is 18.0 Å². The standard InChI is InChI=1S/C12H11F3N4O/c13-8-4-7(5-9(14)11(8)15)12(20)16-3-1-2-10-17-6-18-19-10/h4-6H,1-3H2,(H,16,20)(H,17,18,19). The van der Waals surface area contributed by atoms with E-state index in [0.29, 0.717) is 37.3 Å². The first-order chi connectivity index (χ1) is 9.58. The molecule has 1 heterocycles. The maximum absolute atomic E-state index is 13.0. The third-order valence-corrected chi connectivity index (χ3v) is 2.59. The largest absolute Gasteiger partial charge is 0.352 e. The number of aromatic nitrogens is 3. The number of carbonyl (C=O) groups is 1. The summed E-state index contributed by atoms with van der Waals surface area (Å²) in [6.07, 6.45) is 2.53. The maximum atomic E-state index is 13.0. The molecule has 0 aliphatic heterocycles. The Kier molecular flexibility index (Phi) is 4.34. The van der Waals surface area contributed by atoms with Crippen LogP contribution in [-0.2, 0) is 6.42 Å². The van der Waals surface area contributed by atoms with Gasteiger partial charge in [-0.05, 0) is 18.6 Å². The van der Waals surface area contributed by atoms with Crippen LogP contribution in [0.3, 0.4) is 0 Å². The van der Waals surface area contributed by atoms with Crippen molar-refractivity contribution in [3.8, 4) is 0 Å². The number of hydrogen-bond acceptors (Lipinski definition) is 3. The van der Waals surface area contributed by atoms with Crippen LogP contribution in [0, 0.1) is 17.5 Å². The topological polar surface area (TPSA) is 70.7 Å². The maximum Gasteiger partial charge on any atom is 0.251 e. The molecule has 1 aromatic heterocycles. The SMILES string of the molecule is O=C(NCCCc1ncn[nH]1)c1cc(F)c(F)c(F)c1. The number of nitrogens with zero attached hydrogens (tertiary/aromatic N) is 2. The summed E-state index contributed by atoms with van der Waals surface area (Å²) in [5.41, 5.74) is -0.263. The van der Waals surface area contributed by atoms with E-state index in [1.54, 1.807) is 0 Å². The molecular weight excluding hydrogens is 273 g/mol. The highest BCUT2D eigenvalue weighted by Gasteiger charge is 2.14. The number of aryl methyl sites for hydroxylation is 1. The third-order valence-electron chi connectivity index (χ3n) is 2.59. The molecule has 1 amide bonds. The van der Waals surface area contributed by atoms with E-state index in [2.05, 4.69) is 20.5 Å². The number of nitrogens with one attached hydrogen (secondary N) is 2. The molecule has 2 aromatic rings. The zero-order valence-corrected chi connectivity index (χ0v) is 10.3. The molecule has 1 aromatic carbocycles. The van der Waals surface area contributed by atoms with Crippen LogP contribution >= 0.6 is 0 Å². The van der Waals surface area contributed by atoms with Crippen LogP contribution in [0.15, 0.2) is 18.5 Å². The lowest BCUT2D eigenvalue weighted by atomic mass is 10.2. The highest BCUT2D eigenvalue weighted by molar-refractivity contribution is 5.94. The molecule has 106 valence electrons. The van der Waals surface area contributed by atoms with E-state index in [-0.39, 0.29) is 5.56 Å². The molecular formula is C12H11F3N4O. The molecule has 0 aliphatic carbocycles. The molecule has 2 rings (SSSR count). The van der Waals surface area contributed by atoms with E-state index < -0.39 is 23.4 Å². The van der Waals surface area contributed by atoms with Gasteiger partial charge in [-0.3, -0.25) is 9.89 Å². The predicted octanol–water partition coefficient (Wildman–Crippen LogP) is 1.58. The summed E-state index contributed by atoms with van der Waals surface area (Å²) in [6, 6.07) is 1.31. The van der Waals surface area contributed by atoms with Gasteiger partial charge < -0.3 is 5.32 Å².